The molecule has 0 aliphatic carbocycles. The number of hydrogen-bond donors (Lipinski definition) is 2. The molecule has 0 unspecified atom stereocenters. The maximum Gasteiger partial charge on any atom is 0.335 e. The van der Waals surface area contributed by atoms with Crippen molar-refractivity contribution in [2.75, 3.05) is 0 Å². The number of carboxylic acid groups (broad SMARTS) is 1. The Morgan fingerprint density at radius 3 is 2.32 bits per heavy atom. The summed E-state index contributed by atoms with van der Waals surface area (Å²) in [5.41, 5.74) is 2.15. The van der Waals surface area contributed by atoms with E-state index in [0.717, 1.165) is 5.56 Å². The molecule has 2 aromatic carbocycles. The Labute approximate surface area is 181 Å². The van der Waals surface area contributed by atoms with Crippen molar-refractivity contribution in [2.24, 2.45) is 4.99 Å². The molecule has 0 saturated carbocycles. The second kappa shape index (κ2) is 8.45. The second-order valence-electron chi connectivity index (χ2n) is 6.67. The Bertz CT molecular complexity index is 1240. The SMILES string of the molecule is CC(=O)c1ccc(N=C2NC(=O)/C(=C\c3ccc(-c4ccc(C(=O)O)cc4)o3)S2)cc1. The number of nitrogens with zero attached hydrogens (tertiary/aromatic N) is 1. The van der Waals surface area contributed by atoms with E-state index in [9.17, 15) is 14.4 Å². The molecule has 1 amide bonds. The highest BCUT2D eigenvalue weighted by Gasteiger charge is 2.24. The number of hydrogen-bond acceptors (Lipinski definition) is 6. The number of amidine groups is 1. The fourth-order valence-electron chi connectivity index (χ4n) is 2.86. The van der Waals surface area contributed by atoms with Crippen LogP contribution in [0.3, 0.4) is 0 Å². The second-order valence-corrected chi connectivity index (χ2v) is 7.70. The summed E-state index contributed by atoms with van der Waals surface area (Å²) >= 11 is 1.19. The number of carbonyl (C=O) groups excluding carboxylic acids is 2. The number of benzene rings is 2. The van der Waals surface area contributed by atoms with E-state index in [1.165, 1.54) is 30.8 Å². The largest absolute Gasteiger partial charge is 0.478 e. The van der Waals surface area contributed by atoms with Crippen LogP contribution >= 0.6 is 11.8 Å². The molecule has 2 heterocycles. The van der Waals surface area contributed by atoms with Crippen molar-refractivity contribution in [3.05, 3.63) is 82.5 Å². The van der Waals surface area contributed by atoms with Gasteiger partial charge >= 0.3 is 5.97 Å². The number of rotatable bonds is 5. The molecule has 0 spiro atoms. The van der Waals surface area contributed by atoms with E-state index in [1.807, 2.05) is 0 Å². The predicted molar refractivity (Wildman–Crippen MR) is 118 cm³/mol. The summed E-state index contributed by atoms with van der Waals surface area (Å²) in [6.45, 7) is 1.50. The Balaban J connectivity index is 1.50. The van der Waals surface area contributed by atoms with Crippen LogP contribution in [0, 0.1) is 0 Å². The summed E-state index contributed by atoms with van der Waals surface area (Å²) in [5.74, 6) is -0.252. The third-order valence-electron chi connectivity index (χ3n) is 4.47. The number of furan rings is 1. The molecule has 1 fully saturated rings. The Kier molecular flexibility index (Phi) is 5.55. The van der Waals surface area contributed by atoms with E-state index in [0.29, 0.717) is 32.8 Å². The van der Waals surface area contributed by atoms with Gasteiger partial charge in [0.05, 0.1) is 16.2 Å². The topological polar surface area (TPSA) is 109 Å². The van der Waals surface area contributed by atoms with Crippen LogP contribution in [0.2, 0.25) is 0 Å². The lowest BCUT2D eigenvalue weighted by atomic mass is 10.1. The van der Waals surface area contributed by atoms with E-state index in [1.54, 1.807) is 54.6 Å². The van der Waals surface area contributed by atoms with E-state index in [2.05, 4.69) is 10.3 Å². The number of carboxylic acids is 1. The monoisotopic (exact) mass is 432 g/mol. The summed E-state index contributed by atoms with van der Waals surface area (Å²) in [6, 6.07) is 16.6. The lowest BCUT2D eigenvalue weighted by molar-refractivity contribution is -0.115. The van der Waals surface area contributed by atoms with Crippen molar-refractivity contribution in [1.29, 1.82) is 0 Å². The summed E-state index contributed by atoms with van der Waals surface area (Å²) in [6.07, 6.45) is 1.62. The van der Waals surface area contributed by atoms with Crippen molar-refractivity contribution in [3.8, 4) is 11.3 Å². The van der Waals surface area contributed by atoms with Gasteiger partial charge < -0.3 is 14.8 Å². The molecule has 0 bridgehead atoms. The van der Waals surface area contributed by atoms with Crippen LogP contribution in [0.1, 0.15) is 33.4 Å². The number of nitrogens with one attached hydrogen (secondary N) is 1. The molecule has 2 N–H and O–H groups in total. The molecule has 1 aromatic heterocycles. The maximum atomic E-state index is 12.3. The molecular formula is C23H16N2O5S. The van der Waals surface area contributed by atoms with Crippen LogP contribution in [0.4, 0.5) is 5.69 Å². The van der Waals surface area contributed by atoms with Gasteiger partial charge in [0.15, 0.2) is 11.0 Å². The standard InChI is InChI=1S/C23H16N2O5S/c1-13(26)14-6-8-17(9-7-14)24-23-25-21(27)20(31-23)12-18-10-11-19(30-18)15-2-4-16(5-3-15)22(28)29/h2-12H,1H3,(H,28,29)(H,24,25,27)/b20-12+. The molecule has 1 aliphatic heterocycles. The zero-order valence-corrected chi connectivity index (χ0v) is 17.1. The van der Waals surface area contributed by atoms with Gasteiger partial charge in [-0.25, -0.2) is 9.79 Å². The quantitative estimate of drug-likeness (QED) is 0.445. The molecule has 7 nitrogen and oxygen atoms in total. The molecule has 0 atom stereocenters. The normalized spacial score (nSPS) is 16.0. The first-order chi connectivity index (χ1) is 14.9. The highest BCUT2D eigenvalue weighted by atomic mass is 32.2. The van der Waals surface area contributed by atoms with Gasteiger partial charge in [-0.1, -0.05) is 12.1 Å². The number of amides is 1. The van der Waals surface area contributed by atoms with Crippen molar-refractivity contribution >= 4 is 46.4 Å². The minimum Gasteiger partial charge on any atom is -0.478 e. The van der Waals surface area contributed by atoms with Crippen LogP contribution in [-0.2, 0) is 4.79 Å². The molecular weight excluding hydrogens is 416 g/mol. The van der Waals surface area contributed by atoms with Gasteiger partial charge in [0.25, 0.3) is 5.91 Å². The number of Topliss-reactive ketones (excluding diaryl/α,β-unsaturated/α-hetero) is 1. The first-order valence-electron chi connectivity index (χ1n) is 9.23. The highest BCUT2D eigenvalue weighted by molar-refractivity contribution is 8.18. The number of aliphatic imine (C=N–C) groups is 1. The van der Waals surface area contributed by atoms with Crippen molar-refractivity contribution < 1.29 is 23.9 Å². The van der Waals surface area contributed by atoms with E-state index in [-0.39, 0.29) is 17.3 Å². The van der Waals surface area contributed by atoms with Gasteiger partial charge in [0, 0.05) is 17.2 Å². The third kappa shape index (κ3) is 4.65. The maximum absolute atomic E-state index is 12.3. The summed E-state index contributed by atoms with van der Waals surface area (Å²) in [5, 5.41) is 12.1. The smallest absolute Gasteiger partial charge is 0.335 e. The number of thioether (sulfide) groups is 1. The molecule has 3 aromatic rings. The van der Waals surface area contributed by atoms with Gasteiger partial charge in [-0.15, -0.1) is 0 Å². The van der Waals surface area contributed by atoms with Crippen LogP contribution in [0.5, 0.6) is 0 Å². The molecule has 4 rings (SSSR count). The minimum atomic E-state index is -0.993. The predicted octanol–water partition coefficient (Wildman–Crippen LogP) is 4.74. The van der Waals surface area contributed by atoms with E-state index in [4.69, 9.17) is 9.52 Å². The molecule has 0 radical (unpaired) electrons. The van der Waals surface area contributed by atoms with Crippen molar-refractivity contribution in [2.45, 2.75) is 6.92 Å². The first kappa shape index (κ1) is 20.4. The average Bonchev–Trinajstić information content (AvgIpc) is 3.35. The fraction of sp³-hybridized carbons (Fsp3) is 0.0435. The van der Waals surface area contributed by atoms with Gasteiger partial charge in [-0.2, -0.15) is 0 Å². The fourth-order valence-corrected chi connectivity index (χ4v) is 3.68. The van der Waals surface area contributed by atoms with Crippen LogP contribution in [0.25, 0.3) is 17.4 Å². The molecule has 1 saturated heterocycles. The van der Waals surface area contributed by atoms with Gasteiger partial charge in [0.2, 0.25) is 0 Å². The van der Waals surface area contributed by atoms with Crippen LogP contribution in [-0.4, -0.2) is 27.9 Å². The lowest BCUT2D eigenvalue weighted by Crippen LogP contribution is -2.19. The zero-order chi connectivity index (χ0) is 22.0. The number of carbonyl (C=O) groups is 3. The summed E-state index contributed by atoms with van der Waals surface area (Å²) in [7, 11) is 0. The van der Waals surface area contributed by atoms with Crippen LogP contribution in [0.15, 0.2) is 75.0 Å². The van der Waals surface area contributed by atoms with Gasteiger partial charge in [-0.3, -0.25) is 9.59 Å². The molecule has 31 heavy (non-hydrogen) atoms. The number of aromatic carboxylic acids is 1. The van der Waals surface area contributed by atoms with E-state index >= 15 is 0 Å². The zero-order valence-electron chi connectivity index (χ0n) is 16.3. The van der Waals surface area contributed by atoms with Crippen LogP contribution < -0.4 is 5.32 Å². The van der Waals surface area contributed by atoms with Gasteiger partial charge in [0.1, 0.15) is 11.5 Å². The number of ketones is 1. The highest BCUT2D eigenvalue weighted by Crippen LogP contribution is 2.30. The van der Waals surface area contributed by atoms with E-state index < -0.39 is 5.97 Å². The Morgan fingerprint density at radius 1 is 1.00 bits per heavy atom. The van der Waals surface area contributed by atoms with Gasteiger partial charge in [-0.05, 0) is 67.2 Å². The molecule has 154 valence electrons. The summed E-state index contributed by atoms with van der Waals surface area (Å²) < 4.78 is 5.78. The minimum absolute atomic E-state index is 0.0244. The Hall–Kier alpha value is -3.91. The Morgan fingerprint density at radius 2 is 1.68 bits per heavy atom. The first-order valence-corrected chi connectivity index (χ1v) is 10.0. The third-order valence-corrected chi connectivity index (χ3v) is 5.38. The summed E-state index contributed by atoms with van der Waals surface area (Å²) in [4.78, 5) is 39.4. The van der Waals surface area contributed by atoms with Crippen molar-refractivity contribution in [3.63, 3.8) is 0 Å². The lowest BCUT2D eigenvalue weighted by Gasteiger charge is -1.98. The molecule has 1 aliphatic rings. The molecule has 8 heteroatoms. The van der Waals surface area contributed by atoms with Crippen molar-refractivity contribution in [1.82, 2.24) is 5.32 Å². The average molecular weight is 432 g/mol.